The van der Waals surface area contributed by atoms with Gasteiger partial charge in [-0.15, -0.1) is 11.8 Å². The van der Waals surface area contributed by atoms with Crippen LogP contribution in [0.15, 0.2) is 40.5 Å². The molecule has 3 rings (SSSR count). The maximum atomic E-state index is 11.2. The number of sulfonamides is 1. The number of hydrogen-bond donors (Lipinski definition) is 3. The van der Waals surface area contributed by atoms with Crippen molar-refractivity contribution in [3.8, 4) is 0 Å². The lowest BCUT2D eigenvalue weighted by Gasteiger charge is -2.07. The maximum Gasteiger partial charge on any atom is 0.238 e. The van der Waals surface area contributed by atoms with Crippen LogP contribution in [0.1, 0.15) is 0 Å². The summed E-state index contributed by atoms with van der Waals surface area (Å²) in [5.74, 6) is 0.589. The third kappa shape index (κ3) is 2.75. The average molecular weight is 336 g/mol. The monoisotopic (exact) mass is 336 g/mol. The number of nitrogens with one attached hydrogen (secondary N) is 2. The Hall–Kier alpha value is -2.17. The topological polar surface area (TPSA) is 127 Å². The number of H-pyrrole nitrogens is 1. The van der Waals surface area contributed by atoms with E-state index in [9.17, 15) is 8.42 Å². The first-order valence-electron chi connectivity index (χ1n) is 6.12. The lowest BCUT2D eigenvalue weighted by atomic mass is 10.3. The van der Waals surface area contributed by atoms with Crippen molar-refractivity contribution in [2.24, 2.45) is 5.14 Å². The molecule has 0 saturated heterocycles. The third-order valence-electron chi connectivity index (χ3n) is 2.96. The molecule has 0 radical (unpaired) electrons. The van der Waals surface area contributed by atoms with Crippen molar-refractivity contribution in [2.75, 3.05) is 11.6 Å². The Morgan fingerprint density at radius 3 is 2.59 bits per heavy atom. The Morgan fingerprint density at radius 1 is 1.23 bits per heavy atom. The van der Waals surface area contributed by atoms with Crippen LogP contribution in [-0.4, -0.2) is 34.8 Å². The van der Waals surface area contributed by atoms with Gasteiger partial charge in [0, 0.05) is 5.69 Å². The maximum absolute atomic E-state index is 11.2. The predicted octanol–water partition coefficient (Wildman–Crippen LogP) is 1.47. The SMILES string of the molecule is CSc1n[nH]c2ncnc(Nc3ccc(S(N)(=O)=O)cc3)c12. The van der Waals surface area contributed by atoms with Gasteiger partial charge >= 0.3 is 0 Å². The van der Waals surface area contributed by atoms with Crippen molar-refractivity contribution in [1.29, 1.82) is 0 Å². The van der Waals surface area contributed by atoms with E-state index in [-0.39, 0.29) is 4.90 Å². The molecular formula is C12H12N6O2S2. The first-order valence-corrected chi connectivity index (χ1v) is 8.89. The normalized spacial score (nSPS) is 11.7. The molecule has 0 aliphatic carbocycles. The van der Waals surface area contributed by atoms with E-state index in [1.807, 2.05) is 6.26 Å². The van der Waals surface area contributed by atoms with E-state index in [1.54, 1.807) is 12.1 Å². The number of hydrogen-bond acceptors (Lipinski definition) is 7. The van der Waals surface area contributed by atoms with Gasteiger partial charge in [-0.2, -0.15) is 5.10 Å². The summed E-state index contributed by atoms with van der Waals surface area (Å²) in [6.07, 6.45) is 3.33. The lowest BCUT2D eigenvalue weighted by molar-refractivity contribution is 0.598. The van der Waals surface area contributed by atoms with Crippen LogP contribution in [0.2, 0.25) is 0 Å². The summed E-state index contributed by atoms with van der Waals surface area (Å²) in [7, 11) is -3.70. The smallest absolute Gasteiger partial charge is 0.238 e. The molecule has 0 fully saturated rings. The highest BCUT2D eigenvalue weighted by atomic mass is 32.2. The molecule has 0 aliphatic heterocycles. The van der Waals surface area contributed by atoms with Gasteiger partial charge in [-0.1, -0.05) is 0 Å². The molecule has 2 heterocycles. The molecule has 0 saturated carbocycles. The van der Waals surface area contributed by atoms with E-state index in [0.717, 1.165) is 10.4 Å². The van der Waals surface area contributed by atoms with Gasteiger partial charge in [-0.3, -0.25) is 5.10 Å². The average Bonchev–Trinajstić information content (AvgIpc) is 2.91. The molecule has 0 aliphatic rings. The van der Waals surface area contributed by atoms with Crippen LogP contribution < -0.4 is 10.5 Å². The van der Waals surface area contributed by atoms with Crippen molar-refractivity contribution >= 4 is 44.3 Å². The van der Waals surface area contributed by atoms with Crippen LogP contribution in [0.4, 0.5) is 11.5 Å². The standard InChI is InChI=1S/C12H12N6O2S2/c1-21-12-9-10(14-6-15-11(9)17-18-12)16-7-2-4-8(5-3-7)22(13,19)20/h2-6H,1H3,(H2,13,19,20)(H2,14,15,16,17,18). The zero-order chi connectivity index (χ0) is 15.7. The second-order valence-corrected chi connectivity index (χ2v) is 6.73. The summed E-state index contributed by atoms with van der Waals surface area (Å²) in [6, 6.07) is 6.10. The summed E-state index contributed by atoms with van der Waals surface area (Å²) in [5, 5.41) is 16.8. The number of nitrogens with zero attached hydrogens (tertiary/aromatic N) is 3. The van der Waals surface area contributed by atoms with Gasteiger partial charge < -0.3 is 5.32 Å². The number of aromatic amines is 1. The van der Waals surface area contributed by atoms with Gasteiger partial charge in [-0.05, 0) is 30.5 Å². The van der Waals surface area contributed by atoms with Crippen molar-refractivity contribution < 1.29 is 8.42 Å². The van der Waals surface area contributed by atoms with E-state index in [4.69, 9.17) is 5.14 Å². The molecule has 2 aromatic heterocycles. The van der Waals surface area contributed by atoms with Crippen molar-refractivity contribution in [1.82, 2.24) is 20.2 Å². The first kappa shape index (κ1) is 14.8. The second-order valence-electron chi connectivity index (χ2n) is 4.37. The van der Waals surface area contributed by atoms with Gasteiger partial charge in [0.2, 0.25) is 10.0 Å². The summed E-state index contributed by atoms with van der Waals surface area (Å²) in [6.45, 7) is 0. The van der Waals surface area contributed by atoms with Gasteiger partial charge in [0.05, 0.1) is 10.3 Å². The molecule has 0 unspecified atom stereocenters. The first-order chi connectivity index (χ1) is 10.5. The van der Waals surface area contributed by atoms with Crippen LogP contribution in [0.3, 0.4) is 0 Å². The van der Waals surface area contributed by atoms with Crippen molar-refractivity contribution in [3.63, 3.8) is 0 Å². The summed E-state index contributed by atoms with van der Waals surface area (Å²) < 4.78 is 22.5. The zero-order valence-corrected chi connectivity index (χ0v) is 13.1. The Morgan fingerprint density at radius 2 is 1.95 bits per heavy atom. The number of rotatable bonds is 4. The molecule has 8 nitrogen and oxygen atoms in total. The minimum Gasteiger partial charge on any atom is -0.339 e. The van der Waals surface area contributed by atoms with Crippen LogP contribution in [0.5, 0.6) is 0 Å². The van der Waals surface area contributed by atoms with Crippen LogP contribution in [-0.2, 0) is 10.0 Å². The fourth-order valence-electron chi connectivity index (χ4n) is 1.94. The number of primary sulfonamides is 1. The van der Waals surface area contributed by atoms with E-state index in [2.05, 4.69) is 25.5 Å². The predicted molar refractivity (Wildman–Crippen MR) is 84.6 cm³/mol. The molecule has 0 amide bonds. The highest BCUT2D eigenvalue weighted by molar-refractivity contribution is 7.98. The number of thioether (sulfide) groups is 1. The Kier molecular flexibility index (Phi) is 3.72. The quantitative estimate of drug-likeness (QED) is 0.616. The van der Waals surface area contributed by atoms with Gasteiger partial charge in [-0.25, -0.2) is 23.5 Å². The zero-order valence-electron chi connectivity index (χ0n) is 11.4. The van der Waals surface area contributed by atoms with Crippen molar-refractivity contribution in [2.45, 2.75) is 9.92 Å². The van der Waals surface area contributed by atoms with Crippen LogP contribution in [0.25, 0.3) is 11.0 Å². The molecule has 3 aromatic rings. The molecule has 22 heavy (non-hydrogen) atoms. The van der Waals surface area contributed by atoms with Gasteiger partial charge in [0.25, 0.3) is 0 Å². The molecule has 114 valence electrons. The summed E-state index contributed by atoms with van der Waals surface area (Å²) in [4.78, 5) is 8.39. The van der Waals surface area contributed by atoms with E-state index in [1.165, 1.54) is 30.2 Å². The van der Waals surface area contributed by atoms with Crippen molar-refractivity contribution in [3.05, 3.63) is 30.6 Å². The van der Waals surface area contributed by atoms with E-state index < -0.39 is 10.0 Å². The fourth-order valence-corrected chi connectivity index (χ4v) is 2.99. The van der Waals surface area contributed by atoms with E-state index >= 15 is 0 Å². The minimum absolute atomic E-state index is 0.0546. The lowest BCUT2D eigenvalue weighted by Crippen LogP contribution is -2.11. The summed E-state index contributed by atoms with van der Waals surface area (Å²) >= 11 is 1.48. The van der Waals surface area contributed by atoms with Gasteiger partial charge in [0.15, 0.2) is 5.65 Å². The molecule has 4 N–H and O–H groups in total. The minimum atomic E-state index is -3.70. The molecule has 1 aromatic carbocycles. The van der Waals surface area contributed by atoms with E-state index in [0.29, 0.717) is 17.2 Å². The molecule has 0 spiro atoms. The number of fused-ring (bicyclic) bond motifs is 1. The summed E-state index contributed by atoms with van der Waals surface area (Å²) in [5.41, 5.74) is 1.31. The van der Waals surface area contributed by atoms with Gasteiger partial charge in [0.1, 0.15) is 17.2 Å². The Bertz CT molecular complexity index is 920. The molecule has 0 bridgehead atoms. The number of anilines is 2. The number of nitrogens with two attached hydrogens (primary N) is 1. The fraction of sp³-hybridized carbons (Fsp3) is 0.0833. The molecule has 10 heteroatoms. The highest BCUT2D eigenvalue weighted by Gasteiger charge is 2.13. The Balaban J connectivity index is 1.98. The van der Waals surface area contributed by atoms with Crippen LogP contribution in [0, 0.1) is 0 Å². The number of aromatic nitrogens is 4. The Labute approximate surface area is 130 Å². The van der Waals surface area contributed by atoms with Crippen LogP contribution >= 0.6 is 11.8 Å². The largest absolute Gasteiger partial charge is 0.339 e. The molecule has 0 atom stereocenters. The molecular weight excluding hydrogens is 324 g/mol. The number of benzene rings is 1. The third-order valence-corrected chi connectivity index (χ3v) is 4.57. The second kappa shape index (κ2) is 5.55. The highest BCUT2D eigenvalue weighted by Crippen LogP contribution is 2.29.